The molecule has 2 aromatic carbocycles. The fourth-order valence-electron chi connectivity index (χ4n) is 3.52. The molecule has 3 aromatic rings. The number of benzene rings is 2. The Labute approximate surface area is 161 Å². The van der Waals surface area contributed by atoms with Crippen LogP contribution in [0.2, 0.25) is 0 Å². The molecule has 0 aliphatic heterocycles. The summed E-state index contributed by atoms with van der Waals surface area (Å²) in [6.07, 6.45) is 1.53. The molecule has 0 radical (unpaired) electrons. The van der Waals surface area contributed by atoms with Gasteiger partial charge in [0, 0.05) is 23.3 Å². The molecule has 1 aromatic heterocycles. The number of rotatable bonds is 6. The van der Waals surface area contributed by atoms with Crippen molar-refractivity contribution in [1.29, 1.82) is 0 Å². The average Bonchev–Trinajstić information content (AvgIpc) is 3.00. The zero-order valence-electron chi connectivity index (χ0n) is 16.3. The van der Waals surface area contributed by atoms with Crippen LogP contribution >= 0.6 is 0 Å². The molecule has 0 saturated heterocycles. The quantitative estimate of drug-likeness (QED) is 0.646. The first-order valence-corrected chi connectivity index (χ1v) is 9.40. The lowest BCUT2D eigenvalue weighted by atomic mass is 9.91. The third kappa shape index (κ3) is 4.48. The van der Waals surface area contributed by atoms with E-state index in [1.807, 2.05) is 42.5 Å². The summed E-state index contributed by atoms with van der Waals surface area (Å²) in [4.78, 5) is 12.0. The second-order valence-corrected chi connectivity index (χ2v) is 8.00. The van der Waals surface area contributed by atoms with Crippen molar-refractivity contribution in [1.82, 2.24) is 4.57 Å². The number of aryl methyl sites for hydroxylation is 1. The molecule has 1 heterocycles. The van der Waals surface area contributed by atoms with Gasteiger partial charge in [-0.3, -0.25) is 0 Å². The number of aromatic carboxylic acids is 1. The van der Waals surface area contributed by atoms with E-state index >= 15 is 0 Å². The molecule has 0 unspecified atom stereocenters. The molecule has 0 aliphatic rings. The number of hydrogen-bond donors (Lipinski definition) is 1. The Morgan fingerprint density at radius 2 is 1.44 bits per heavy atom. The lowest BCUT2D eigenvalue weighted by Crippen LogP contribution is -2.20. The van der Waals surface area contributed by atoms with Gasteiger partial charge in [-0.1, -0.05) is 81.4 Å². The molecule has 3 heteroatoms. The predicted octanol–water partition coefficient (Wildman–Crippen LogP) is 5.32. The standard InChI is InChI=1S/C24H27NO2/c1-24(2,3)22-16-20(23(26)27)21(15-14-18-10-6-4-7-11-18)25(22)17-19-12-8-5-9-13-19/h4-13,16H,14-15,17H2,1-3H3,(H,26,27). The molecule has 0 saturated carbocycles. The van der Waals surface area contributed by atoms with E-state index < -0.39 is 5.97 Å². The van der Waals surface area contributed by atoms with Gasteiger partial charge in [0.1, 0.15) is 0 Å². The summed E-state index contributed by atoms with van der Waals surface area (Å²) in [5.74, 6) is -0.852. The molecule has 3 nitrogen and oxygen atoms in total. The van der Waals surface area contributed by atoms with Crippen LogP contribution in [0.1, 0.15) is 53.6 Å². The minimum absolute atomic E-state index is 0.135. The Hall–Kier alpha value is -2.81. The number of carboxylic acids is 1. The molecular formula is C24H27NO2. The zero-order chi connectivity index (χ0) is 19.4. The molecule has 0 aliphatic carbocycles. The van der Waals surface area contributed by atoms with Crippen LogP contribution in [-0.2, 0) is 24.8 Å². The van der Waals surface area contributed by atoms with Crippen LogP contribution in [-0.4, -0.2) is 15.6 Å². The van der Waals surface area contributed by atoms with Crippen molar-refractivity contribution in [3.63, 3.8) is 0 Å². The van der Waals surface area contributed by atoms with E-state index in [1.54, 1.807) is 0 Å². The summed E-state index contributed by atoms with van der Waals surface area (Å²) in [5, 5.41) is 9.82. The molecule has 3 rings (SSSR count). The Bertz CT molecular complexity index is 903. The Balaban J connectivity index is 2.04. The number of aromatic nitrogens is 1. The maximum Gasteiger partial charge on any atom is 0.337 e. The van der Waals surface area contributed by atoms with Gasteiger partial charge >= 0.3 is 5.97 Å². The maximum atomic E-state index is 12.0. The first-order chi connectivity index (χ1) is 12.9. The first-order valence-electron chi connectivity index (χ1n) is 9.40. The van der Waals surface area contributed by atoms with E-state index in [9.17, 15) is 9.90 Å². The van der Waals surface area contributed by atoms with Gasteiger partial charge in [-0.2, -0.15) is 0 Å². The molecule has 27 heavy (non-hydrogen) atoms. The van der Waals surface area contributed by atoms with E-state index in [4.69, 9.17) is 0 Å². The van der Waals surface area contributed by atoms with Crippen LogP contribution in [0, 0.1) is 0 Å². The minimum Gasteiger partial charge on any atom is -0.478 e. The Morgan fingerprint density at radius 3 is 1.96 bits per heavy atom. The maximum absolute atomic E-state index is 12.0. The Morgan fingerprint density at radius 1 is 0.889 bits per heavy atom. The second kappa shape index (κ2) is 7.83. The highest BCUT2D eigenvalue weighted by Crippen LogP contribution is 2.29. The fourth-order valence-corrected chi connectivity index (χ4v) is 3.52. The van der Waals surface area contributed by atoms with Gasteiger partial charge in [-0.25, -0.2) is 4.79 Å². The predicted molar refractivity (Wildman–Crippen MR) is 109 cm³/mol. The fraction of sp³-hybridized carbons (Fsp3) is 0.292. The average molecular weight is 361 g/mol. The molecule has 0 fully saturated rings. The molecular weight excluding hydrogens is 334 g/mol. The molecule has 0 bridgehead atoms. The molecule has 0 amide bonds. The van der Waals surface area contributed by atoms with Crippen molar-refractivity contribution in [3.8, 4) is 0 Å². The van der Waals surface area contributed by atoms with Gasteiger partial charge in [0.2, 0.25) is 0 Å². The van der Waals surface area contributed by atoms with Crippen LogP contribution in [0.25, 0.3) is 0 Å². The highest BCUT2D eigenvalue weighted by Gasteiger charge is 2.26. The number of nitrogens with zero attached hydrogens (tertiary/aromatic N) is 1. The third-order valence-corrected chi connectivity index (χ3v) is 4.88. The van der Waals surface area contributed by atoms with Crippen LogP contribution < -0.4 is 0 Å². The lowest BCUT2D eigenvalue weighted by Gasteiger charge is -2.23. The molecule has 140 valence electrons. The van der Waals surface area contributed by atoms with Crippen molar-refractivity contribution < 1.29 is 9.90 Å². The van der Waals surface area contributed by atoms with Crippen LogP contribution in [0.15, 0.2) is 66.7 Å². The number of carboxylic acid groups (broad SMARTS) is 1. The van der Waals surface area contributed by atoms with E-state index in [1.165, 1.54) is 11.1 Å². The Kier molecular flexibility index (Phi) is 5.50. The van der Waals surface area contributed by atoms with E-state index in [0.29, 0.717) is 18.5 Å². The zero-order valence-corrected chi connectivity index (χ0v) is 16.3. The summed E-state index contributed by atoms with van der Waals surface area (Å²) in [6, 6.07) is 22.3. The molecule has 0 spiro atoms. The number of hydrogen-bond acceptors (Lipinski definition) is 1. The summed E-state index contributed by atoms with van der Waals surface area (Å²) in [6.45, 7) is 7.09. The van der Waals surface area contributed by atoms with E-state index in [2.05, 4.69) is 49.6 Å². The van der Waals surface area contributed by atoms with Crippen molar-refractivity contribution >= 4 is 5.97 Å². The van der Waals surface area contributed by atoms with Crippen molar-refractivity contribution in [2.45, 2.75) is 45.6 Å². The molecule has 1 N–H and O–H groups in total. The van der Waals surface area contributed by atoms with Gasteiger partial charge < -0.3 is 9.67 Å². The SMILES string of the molecule is CC(C)(C)c1cc(C(=O)O)c(CCc2ccccc2)n1Cc1ccccc1. The number of carbonyl (C=O) groups is 1. The van der Waals surface area contributed by atoms with E-state index in [-0.39, 0.29) is 5.41 Å². The van der Waals surface area contributed by atoms with E-state index in [0.717, 1.165) is 17.8 Å². The minimum atomic E-state index is -0.852. The third-order valence-electron chi connectivity index (χ3n) is 4.88. The normalized spacial score (nSPS) is 11.5. The van der Waals surface area contributed by atoms with Crippen LogP contribution in [0.3, 0.4) is 0 Å². The lowest BCUT2D eigenvalue weighted by molar-refractivity contribution is 0.0695. The van der Waals surface area contributed by atoms with Crippen LogP contribution in [0.4, 0.5) is 0 Å². The highest BCUT2D eigenvalue weighted by atomic mass is 16.4. The highest BCUT2D eigenvalue weighted by molar-refractivity contribution is 5.89. The first kappa shape index (κ1) is 19.0. The van der Waals surface area contributed by atoms with Gasteiger partial charge in [0.05, 0.1) is 5.56 Å². The topological polar surface area (TPSA) is 42.2 Å². The monoisotopic (exact) mass is 361 g/mol. The van der Waals surface area contributed by atoms with Gasteiger partial charge in [0.25, 0.3) is 0 Å². The summed E-state index contributed by atoms with van der Waals surface area (Å²) in [5.41, 5.74) is 4.65. The summed E-state index contributed by atoms with van der Waals surface area (Å²) >= 11 is 0. The van der Waals surface area contributed by atoms with Crippen LogP contribution in [0.5, 0.6) is 0 Å². The second-order valence-electron chi connectivity index (χ2n) is 8.00. The van der Waals surface area contributed by atoms with Crippen molar-refractivity contribution in [3.05, 3.63) is 94.8 Å². The van der Waals surface area contributed by atoms with Gasteiger partial charge in [0.15, 0.2) is 0 Å². The smallest absolute Gasteiger partial charge is 0.337 e. The molecule has 0 atom stereocenters. The largest absolute Gasteiger partial charge is 0.478 e. The van der Waals surface area contributed by atoms with Gasteiger partial charge in [-0.15, -0.1) is 0 Å². The summed E-state index contributed by atoms with van der Waals surface area (Å²) in [7, 11) is 0. The van der Waals surface area contributed by atoms with Crippen molar-refractivity contribution in [2.24, 2.45) is 0 Å². The summed E-state index contributed by atoms with van der Waals surface area (Å²) < 4.78 is 2.21. The van der Waals surface area contributed by atoms with Gasteiger partial charge in [-0.05, 0) is 30.0 Å². The van der Waals surface area contributed by atoms with Crippen molar-refractivity contribution in [2.75, 3.05) is 0 Å².